The fourth-order valence-electron chi connectivity index (χ4n) is 3.34. The molecule has 4 rings (SSSR count). The van der Waals surface area contributed by atoms with E-state index in [1.54, 1.807) is 42.3 Å². The molecule has 152 valence electrons. The Kier molecular flexibility index (Phi) is 5.77. The Morgan fingerprint density at radius 1 is 1.06 bits per heavy atom. The molecule has 6 nitrogen and oxygen atoms in total. The lowest BCUT2D eigenvalue weighted by atomic mass is 10.1. The molecular formula is C25H20N4O2. The number of nitrogens with zero attached hydrogens (tertiary/aromatic N) is 3. The zero-order valence-electron chi connectivity index (χ0n) is 16.9. The van der Waals surface area contributed by atoms with E-state index in [0.29, 0.717) is 34.8 Å². The molecule has 0 atom stereocenters. The van der Waals surface area contributed by atoms with E-state index in [1.807, 2.05) is 54.6 Å². The minimum Gasteiger partial charge on any atom is -0.496 e. The number of nitriles is 1. The summed E-state index contributed by atoms with van der Waals surface area (Å²) in [6.07, 6.45) is 1.73. The third kappa shape index (κ3) is 4.46. The number of carbonyl (C=O) groups excluding carboxylic acids is 1. The van der Waals surface area contributed by atoms with Crippen molar-refractivity contribution in [1.29, 1.82) is 5.26 Å². The molecule has 1 heterocycles. The predicted octanol–water partition coefficient (Wildman–Crippen LogP) is 4.73. The van der Waals surface area contributed by atoms with Gasteiger partial charge in [-0.25, -0.2) is 0 Å². The standard InChI is InChI=1S/C25H20N4O2/c1-31-23-13-6-5-12-21(23)24-22(17-29(28-24)16-18-8-3-2-4-9-18)25(30)27-20-11-7-10-19(14-20)15-26/h2-14,17H,16H2,1H3,(H,27,30). The van der Waals surface area contributed by atoms with Crippen LogP contribution in [-0.4, -0.2) is 22.8 Å². The molecule has 0 fully saturated rings. The lowest BCUT2D eigenvalue weighted by Gasteiger charge is -2.08. The van der Waals surface area contributed by atoms with Gasteiger partial charge in [-0.3, -0.25) is 9.48 Å². The number of methoxy groups -OCH3 is 1. The van der Waals surface area contributed by atoms with Crippen molar-refractivity contribution in [3.05, 3.63) is 102 Å². The van der Waals surface area contributed by atoms with E-state index in [0.717, 1.165) is 11.1 Å². The molecule has 6 heteroatoms. The molecule has 0 aliphatic rings. The summed E-state index contributed by atoms with van der Waals surface area (Å²) in [6.45, 7) is 0.528. The van der Waals surface area contributed by atoms with E-state index >= 15 is 0 Å². The van der Waals surface area contributed by atoms with Crippen LogP contribution in [0.5, 0.6) is 5.75 Å². The predicted molar refractivity (Wildman–Crippen MR) is 119 cm³/mol. The topological polar surface area (TPSA) is 79.9 Å². The fraction of sp³-hybridized carbons (Fsp3) is 0.0800. The van der Waals surface area contributed by atoms with Gasteiger partial charge in [0.05, 0.1) is 30.9 Å². The molecule has 0 unspecified atom stereocenters. The molecule has 1 N–H and O–H groups in total. The van der Waals surface area contributed by atoms with Gasteiger partial charge in [0.25, 0.3) is 5.91 Å². The number of hydrogen-bond acceptors (Lipinski definition) is 4. The SMILES string of the molecule is COc1ccccc1-c1nn(Cc2ccccc2)cc1C(=O)Nc1cccc(C#N)c1. The van der Waals surface area contributed by atoms with Crippen molar-refractivity contribution < 1.29 is 9.53 Å². The average molecular weight is 408 g/mol. The van der Waals surface area contributed by atoms with Crippen molar-refractivity contribution in [2.75, 3.05) is 12.4 Å². The van der Waals surface area contributed by atoms with Crippen LogP contribution in [0.25, 0.3) is 11.3 Å². The van der Waals surface area contributed by atoms with Crippen LogP contribution in [0.15, 0.2) is 85.1 Å². The van der Waals surface area contributed by atoms with Crippen LogP contribution in [-0.2, 0) is 6.54 Å². The van der Waals surface area contributed by atoms with Crippen molar-refractivity contribution in [3.63, 3.8) is 0 Å². The lowest BCUT2D eigenvalue weighted by molar-refractivity contribution is 0.102. The number of nitrogens with one attached hydrogen (secondary N) is 1. The molecule has 1 aromatic heterocycles. The molecular weight excluding hydrogens is 388 g/mol. The monoisotopic (exact) mass is 408 g/mol. The summed E-state index contributed by atoms with van der Waals surface area (Å²) in [5.41, 5.74) is 3.77. The smallest absolute Gasteiger partial charge is 0.259 e. The van der Waals surface area contributed by atoms with Crippen LogP contribution in [0, 0.1) is 11.3 Å². The van der Waals surface area contributed by atoms with Gasteiger partial charge in [-0.15, -0.1) is 0 Å². The van der Waals surface area contributed by atoms with E-state index in [2.05, 4.69) is 11.4 Å². The van der Waals surface area contributed by atoms with E-state index in [-0.39, 0.29) is 5.91 Å². The van der Waals surface area contributed by atoms with Crippen molar-refractivity contribution in [1.82, 2.24) is 9.78 Å². The number of aromatic nitrogens is 2. The maximum atomic E-state index is 13.2. The van der Waals surface area contributed by atoms with Crippen LogP contribution >= 0.6 is 0 Å². The second-order valence-corrected chi connectivity index (χ2v) is 6.92. The largest absolute Gasteiger partial charge is 0.496 e. The number of ether oxygens (including phenoxy) is 1. The number of carbonyl (C=O) groups is 1. The van der Waals surface area contributed by atoms with Gasteiger partial charge in [0.1, 0.15) is 11.4 Å². The van der Waals surface area contributed by atoms with Gasteiger partial charge < -0.3 is 10.1 Å². The Morgan fingerprint density at radius 2 is 1.84 bits per heavy atom. The van der Waals surface area contributed by atoms with Gasteiger partial charge in [-0.2, -0.15) is 10.4 Å². The van der Waals surface area contributed by atoms with E-state index in [4.69, 9.17) is 15.1 Å². The number of amides is 1. The third-order valence-electron chi connectivity index (χ3n) is 4.81. The van der Waals surface area contributed by atoms with Crippen molar-refractivity contribution >= 4 is 11.6 Å². The first-order chi connectivity index (χ1) is 15.2. The van der Waals surface area contributed by atoms with Crippen LogP contribution in [0.4, 0.5) is 5.69 Å². The Bertz CT molecular complexity index is 1260. The van der Waals surface area contributed by atoms with E-state index in [1.165, 1.54) is 0 Å². The maximum Gasteiger partial charge on any atom is 0.259 e. The summed E-state index contributed by atoms with van der Waals surface area (Å²) < 4.78 is 7.24. The van der Waals surface area contributed by atoms with Gasteiger partial charge in [0.15, 0.2) is 0 Å². The minimum absolute atomic E-state index is 0.310. The van der Waals surface area contributed by atoms with Crippen LogP contribution in [0.3, 0.4) is 0 Å². The highest BCUT2D eigenvalue weighted by molar-refractivity contribution is 6.08. The number of benzene rings is 3. The van der Waals surface area contributed by atoms with Gasteiger partial charge in [0, 0.05) is 17.4 Å². The lowest BCUT2D eigenvalue weighted by Crippen LogP contribution is -2.12. The zero-order valence-corrected chi connectivity index (χ0v) is 16.9. The molecule has 31 heavy (non-hydrogen) atoms. The summed E-state index contributed by atoms with van der Waals surface area (Å²) in [5, 5.41) is 16.7. The summed E-state index contributed by atoms with van der Waals surface area (Å²) >= 11 is 0. The molecule has 0 saturated carbocycles. The third-order valence-corrected chi connectivity index (χ3v) is 4.81. The quantitative estimate of drug-likeness (QED) is 0.500. The molecule has 0 radical (unpaired) electrons. The highest BCUT2D eigenvalue weighted by atomic mass is 16.5. The number of hydrogen-bond donors (Lipinski definition) is 1. The number of para-hydroxylation sites is 1. The Labute approximate surface area is 180 Å². The van der Waals surface area contributed by atoms with Gasteiger partial charge >= 0.3 is 0 Å². The highest BCUT2D eigenvalue weighted by Gasteiger charge is 2.21. The summed E-state index contributed by atoms with van der Waals surface area (Å²) in [6, 6.07) is 26.3. The number of rotatable bonds is 6. The second kappa shape index (κ2) is 8.97. The summed E-state index contributed by atoms with van der Waals surface area (Å²) in [5.74, 6) is 0.322. The van der Waals surface area contributed by atoms with Crippen molar-refractivity contribution in [2.45, 2.75) is 6.54 Å². The minimum atomic E-state index is -0.310. The number of anilines is 1. The Hall–Kier alpha value is -4.37. The normalized spacial score (nSPS) is 10.3. The van der Waals surface area contributed by atoms with Gasteiger partial charge in [-0.05, 0) is 35.9 Å². The van der Waals surface area contributed by atoms with Gasteiger partial charge in [-0.1, -0.05) is 48.5 Å². The summed E-state index contributed by atoms with van der Waals surface area (Å²) in [7, 11) is 1.59. The zero-order chi connectivity index (χ0) is 21.6. The first kappa shape index (κ1) is 19.9. The molecule has 3 aromatic carbocycles. The molecule has 4 aromatic rings. The van der Waals surface area contributed by atoms with Crippen molar-refractivity contribution in [2.24, 2.45) is 0 Å². The van der Waals surface area contributed by atoms with Gasteiger partial charge in [0.2, 0.25) is 0 Å². The molecule has 0 spiro atoms. The van der Waals surface area contributed by atoms with E-state index in [9.17, 15) is 4.79 Å². The fourth-order valence-corrected chi connectivity index (χ4v) is 3.34. The first-order valence-corrected chi connectivity index (χ1v) is 9.74. The second-order valence-electron chi connectivity index (χ2n) is 6.92. The summed E-state index contributed by atoms with van der Waals surface area (Å²) in [4.78, 5) is 13.2. The Morgan fingerprint density at radius 3 is 2.61 bits per heavy atom. The molecule has 0 bridgehead atoms. The van der Waals surface area contributed by atoms with E-state index < -0.39 is 0 Å². The molecule has 1 amide bonds. The first-order valence-electron chi connectivity index (χ1n) is 9.74. The molecule has 0 saturated heterocycles. The molecule has 0 aliphatic carbocycles. The molecule has 0 aliphatic heterocycles. The van der Waals surface area contributed by atoms with Crippen LogP contribution in [0.1, 0.15) is 21.5 Å². The van der Waals surface area contributed by atoms with Crippen LogP contribution < -0.4 is 10.1 Å². The maximum absolute atomic E-state index is 13.2. The Balaban J connectivity index is 1.73. The highest BCUT2D eigenvalue weighted by Crippen LogP contribution is 2.31. The van der Waals surface area contributed by atoms with Crippen molar-refractivity contribution in [3.8, 4) is 23.1 Å². The average Bonchev–Trinajstić information content (AvgIpc) is 3.23. The van der Waals surface area contributed by atoms with Crippen LogP contribution in [0.2, 0.25) is 0 Å².